The van der Waals surface area contributed by atoms with Crippen molar-refractivity contribution in [3.05, 3.63) is 23.2 Å². The molecule has 0 aromatic heterocycles. The summed E-state index contributed by atoms with van der Waals surface area (Å²) in [4.78, 5) is 11.5. The van der Waals surface area contributed by atoms with Gasteiger partial charge in [-0.2, -0.15) is 0 Å². The van der Waals surface area contributed by atoms with E-state index in [1.54, 1.807) is 39.0 Å². The van der Waals surface area contributed by atoms with Gasteiger partial charge in [0.05, 0.1) is 22.7 Å². The topological polar surface area (TPSA) is 96.5 Å². The van der Waals surface area contributed by atoms with Crippen LogP contribution in [0.4, 0.5) is 16.2 Å². The Morgan fingerprint density at radius 1 is 1.25 bits per heavy atom. The Labute approximate surface area is 148 Å². The number of hydrogen-bond acceptors (Lipinski definition) is 5. The van der Waals surface area contributed by atoms with Gasteiger partial charge in [-0.1, -0.05) is 11.6 Å². The second kappa shape index (κ2) is 8.43. The maximum Gasteiger partial charge on any atom is 0.407 e. The first-order valence-corrected chi connectivity index (χ1v) is 9.71. The summed E-state index contributed by atoms with van der Waals surface area (Å²) in [7, 11) is -3.34. The lowest BCUT2D eigenvalue weighted by atomic mass is 10.2. The number of ether oxygens (including phenoxy) is 1. The van der Waals surface area contributed by atoms with E-state index in [0.717, 1.165) is 6.26 Å². The maximum absolute atomic E-state index is 11.5. The minimum Gasteiger partial charge on any atom is -0.444 e. The molecule has 0 radical (unpaired) electrons. The molecule has 0 aliphatic carbocycles. The van der Waals surface area contributed by atoms with Gasteiger partial charge in [0.25, 0.3) is 0 Å². The van der Waals surface area contributed by atoms with Crippen molar-refractivity contribution in [2.24, 2.45) is 0 Å². The maximum atomic E-state index is 11.5. The van der Waals surface area contributed by atoms with Crippen LogP contribution in [-0.2, 0) is 14.8 Å². The fourth-order valence-electron chi connectivity index (χ4n) is 1.75. The molecule has 7 nitrogen and oxygen atoms in total. The molecule has 0 unspecified atom stereocenters. The van der Waals surface area contributed by atoms with Gasteiger partial charge in [0.15, 0.2) is 0 Å². The minimum atomic E-state index is -3.34. The van der Waals surface area contributed by atoms with Crippen LogP contribution in [0.2, 0.25) is 5.02 Å². The second-order valence-electron chi connectivity index (χ2n) is 6.28. The predicted octanol–water partition coefficient (Wildman–Crippen LogP) is 3.04. The molecule has 0 bridgehead atoms. The highest BCUT2D eigenvalue weighted by atomic mass is 35.5. The summed E-state index contributed by atoms with van der Waals surface area (Å²) < 4.78 is 30.0. The van der Waals surface area contributed by atoms with Crippen molar-refractivity contribution in [1.29, 1.82) is 0 Å². The Bertz CT molecular complexity index is 672. The summed E-state index contributed by atoms with van der Waals surface area (Å²) in [6.45, 7) is 6.40. The van der Waals surface area contributed by atoms with E-state index < -0.39 is 21.7 Å². The van der Waals surface area contributed by atoms with Crippen LogP contribution in [0.3, 0.4) is 0 Å². The number of anilines is 2. The standard InChI is InChI=1S/C15H24ClN3O4S/c1-15(2,3)23-14(20)18-9-5-8-17-13-10-11(6-7-12(13)16)19-24(4,21)22/h6-7,10,17,19H,5,8-9H2,1-4H3,(H,18,20). The lowest BCUT2D eigenvalue weighted by Gasteiger charge is -2.19. The molecule has 0 aliphatic heterocycles. The Hall–Kier alpha value is -1.67. The molecule has 0 fully saturated rings. The first kappa shape index (κ1) is 20.4. The molecule has 24 heavy (non-hydrogen) atoms. The first-order chi connectivity index (χ1) is 11.0. The number of rotatable bonds is 7. The van der Waals surface area contributed by atoms with Crippen LogP contribution in [0.25, 0.3) is 0 Å². The van der Waals surface area contributed by atoms with Crippen molar-refractivity contribution in [2.75, 3.05) is 29.4 Å². The highest BCUT2D eigenvalue weighted by molar-refractivity contribution is 7.92. The Kier molecular flexibility index (Phi) is 7.16. The van der Waals surface area contributed by atoms with Crippen LogP contribution in [0, 0.1) is 0 Å². The van der Waals surface area contributed by atoms with Crippen molar-refractivity contribution in [3.63, 3.8) is 0 Å². The molecule has 1 aromatic carbocycles. The van der Waals surface area contributed by atoms with E-state index in [4.69, 9.17) is 16.3 Å². The summed E-state index contributed by atoms with van der Waals surface area (Å²) in [5, 5.41) is 6.24. The fraction of sp³-hybridized carbons (Fsp3) is 0.533. The van der Waals surface area contributed by atoms with Gasteiger partial charge < -0.3 is 15.4 Å². The predicted molar refractivity (Wildman–Crippen MR) is 97.3 cm³/mol. The number of carbonyl (C=O) groups is 1. The summed E-state index contributed by atoms with van der Waals surface area (Å²) in [5.74, 6) is 0. The smallest absolute Gasteiger partial charge is 0.407 e. The zero-order valence-corrected chi connectivity index (χ0v) is 15.8. The molecule has 0 saturated carbocycles. The van der Waals surface area contributed by atoms with Gasteiger partial charge in [0, 0.05) is 13.1 Å². The van der Waals surface area contributed by atoms with Gasteiger partial charge >= 0.3 is 6.09 Å². The van der Waals surface area contributed by atoms with E-state index >= 15 is 0 Å². The molecule has 1 amide bonds. The lowest BCUT2D eigenvalue weighted by molar-refractivity contribution is 0.0528. The third kappa shape index (κ3) is 8.83. The highest BCUT2D eigenvalue weighted by Crippen LogP contribution is 2.25. The molecule has 9 heteroatoms. The van der Waals surface area contributed by atoms with Crippen LogP contribution in [0.5, 0.6) is 0 Å². The van der Waals surface area contributed by atoms with Crippen molar-refractivity contribution in [2.45, 2.75) is 32.8 Å². The molecular formula is C15H24ClN3O4S. The Morgan fingerprint density at radius 3 is 2.50 bits per heavy atom. The molecular weight excluding hydrogens is 354 g/mol. The van der Waals surface area contributed by atoms with Gasteiger partial charge in [-0.3, -0.25) is 4.72 Å². The van der Waals surface area contributed by atoms with Gasteiger partial charge in [0.1, 0.15) is 5.60 Å². The quantitative estimate of drug-likeness (QED) is 0.634. The monoisotopic (exact) mass is 377 g/mol. The minimum absolute atomic E-state index is 0.427. The van der Waals surface area contributed by atoms with Crippen molar-refractivity contribution in [1.82, 2.24) is 5.32 Å². The van der Waals surface area contributed by atoms with E-state index in [1.165, 1.54) is 0 Å². The summed E-state index contributed by atoms with van der Waals surface area (Å²) in [6, 6.07) is 4.81. The van der Waals surface area contributed by atoms with Crippen molar-refractivity contribution < 1.29 is 17.9 Å². The van der Waals surface area contributed by atoms with Crippen LogP contribution in [0.15, 0.2) is 18.2 Å². The normalized spacial score (nSPS) is 11.7. The van der Waals surface area contributed by atoms with Gasteiger partial charge in [-0.05, 0) is 45.4 Å². The molecule has 1 aromatic rings. The molecule has 0 aliphatic rings. The first-order valence-electron chi connectivity index (χ1n) is 7.44. The van der Waals surface area contributed by atoms with Gasteiger partial charge in [-0.15, -0.1) is 0 Å². The van der Waals surface area contributed by atoms with Crippen molar-refractivity contribution >= 4 is 39.1 Å². The number of hydrogen-bond donors (Lipinski definition) is 3. The van der Waals surface area contributed by atoms with Crippen LogP contribution >= 0.6 is 11.6 Å². The number of carbonyl (C=O) groups excluding carboxylic acids is 1. The van der Waals surface area contributed by atoms with Gasteiger partial charge in [-0.25, -0.2) is 13.2 Å². The fourth-order valence-corrected chi connectivity index (χ4v) is 2.49. The average Bonchev–Trinajstić information content (AvgIpc) is 2.38. The zero-order valence-electron chi connectivity index (χ0n) is 14.3. The molecule has 0 atom stereocenters. The average molecular weight is 378 g/mol. The zero-order chi connectivity index (χ0) is 18.4. The van der Waals surface area contributed by atoms with Gasteiger partial charge in [0.2, 0.25) is 10.0 Å². The summed E-state index contributed by atoms with van der Waals surface area (Å²) >= 11 is 6.07. The van der Waals surface area contributed by atoms with Crippen LogP contribution < -0.4 is 15.4 Å². The molecule has 0 saturated heterocycles. The van der Waals surface area contributed by atoms with E-state index in [-0.39, 0.29) is 0 Å². The number of alkyl carbamates (subject to hydrolysis) is 1. The number of halogens is 1. The molecule has 0 heterocycles. The van der Waals surface area contributed by atoms with Crippen LogP contribution in [-0.4, -0.2) is 39.5 Å². The SMILES string of the molecule is CC(C)(C)OC(=O)NCCCNc1cc(NS(C)(=O)=O)ccc1Cl. The Morgan fingerprint density at radius 2 is 1.92 bits per heavy atom. The third-order valence-electron chi connectivity index (χ3n) is 2.61. The second-order valence-corrected chi connectivity index (χ2v) is 8.43. The van der Waals surface area contributed by atoms with E-state index in [1.807, 2.05) is 0 Å². The molecule has 3 N–H and O–H groups in total. The number of sulfonamides is 1. The molecule has 136 valence electrons. The molecule has 0 spiro atoms. The summed E-state index contributed by atoms with van der Waals surface area (Å²) in [5.41, 5.74) is 0.516. The van der Waals surface area contributed by atoms with Crippen LogP contribution in [0.1, 0.15) is 27.2 Å². The number of nitrogens with one attached hydrogen (secondary N) is 3. The largest absolute Gasteiger partial charge is 0.444 e. The summed E-state index contributed by atoms with van der Waals surface area (Å²) in [6.07, 6.45) is 1.27. The number of benzene rings is 1. The van der Waals surface area contributed by atoms with E-state index in [2.05, 4.69) is 15.4 Å². The Balaban J connectivity index is 2.42. The van der Waals surface area contributed by atoms with E-state index in [9.17, 15) is 13.2 Å². The van der Waals surface area contributed by atoms with E-state index in [0.29, 0.717) is 35.9 Å². The lowest BCUT2D eigenvalue weighted by Crippen LogP contribution is -2.33. The third-order valence-corrected chi connectivity index (χ3v) is 3.54. The van der Waals surface area contributed by atoms with Crippen molar-refractivity contribution in [3.8, 4) is 0 Å². The molecule has 1 rings (SSSR count). The highest BCUT2D eigenvalue weighted by Gasteiger charge is 2.15. The number of amides is 1.